The van der Waals surface area contributed by atoms with Crippen LogP contribution in [0.15, 0.2) is 91.0 Å². The molecule has 0 heterocycles. The molecule has 10 heteroatoms. The molecule has 0 aliphatic carbocycles. The Morgan fingerprint density at radius 1 is 0.860 bits per heavy atom. The predicted molar refractivity (Wildman–Crippen MR) is 168 cm³/mol. The number of rotatable bonds is 12. The number of amides is 1. The smallest absolute Gasteiger partial charge is 0.251 e. The van der Waals surface area contributed by atoms with Gasteiger partial charge in [-0.3, -0.25) is 9.52 Å². The van der Waals surface area contributed by atoms with E-state index >= 15 is 0 Å². The second kappa shape index (κ2) is 13.3. The Morgan fingerprint density at radius 2 is 1.51 bits per heavy atom. The Kier molecular flexibility index (Phi) is 9.75. The van der Waals surface area contributed by atoms with Gasteiger partial charge in [0.05, 0.1) is 18.0 Å². The summed E-state index contributed by atoms with van der Waals surface area (Å²) in [6, 6.07) is 26.6. The molecule has 4 aromatic rings. The SMILES string of the molecule is CC(C)(Cc1cccc(C(=O)NCc2ccc(-c3ccc(O)cc3)cc2)c1)NC[C@@H](O)c1ccc(O)c(NS(C)(=O)=O)c1. The fourth-order valence-corrected chi connectivity index (χ4v) is 5.24. The average Bonchev–Trinajstić information content (AvgIpc) is 2.96. The molecular formula is C33H37N3O6S. The Labute approximate surface area is 252 Å². The van der Waals surface area contributed by atoms with Crippen LogP contribution in [0.25, 0.3) is 11.1 Å². The molecule has 0 saturated heterocycles. The highest BCUT2D eigenvalue weighted by molar-refractivity contribution is 7.92. The maximum Gasteiger partial charge on any atom is 0.251 e. The topological polar surface area (TPSA) is 148 Å². The van der Waals surface area contributed by atoms with Gasteiger partial charge < -0.3 is 26.0 Å². The Balaban J connectivity index is 1.31. The summed E-state index contributed by atoms with van der Waals surface area (Å²) < 4.78 is 25.4. The minimum absolute atomic E-state index is 0.000465. The number of aliphatic hydroxyl groups excluding tert-OH is 1. The van der Waals surface area contributed by atoms with Crippen molar-refractivity contribution in [3.05, 3.63) is 113 Å². The first-order valence-electron chi connectivity index (χ1n) is 13.8. The van der Waals surface area contributed by atoms with Crippen LogP contribution in [0.5, 0.6) is 11.5 Å². The van der Waals surface area contributed by atoms with Gasteiger partial charge in [0, 0.05) is 24.2 Å². The lowest BCUT2D eigenvalue weighted by atomic mass is 9.93. The predicted octanol–water partition coefficient (Wildman–Crippen LogP) is 4.71. The molecule has 6 N–H and O–H groups in total. The molecule has 226 valence electrons. The van der Waals surface area contributed by atoms with Crippen LogP contribution in [0.3, 0.4) is 0 Å². The third kappa shape index (κ3) is 9.31. The minimum atomic E-state index is -3.59. The first kappa shape index (κ1) is 31.6. The highest BCUT2D eigenvalue weighted by atomic mass is 32.2. The van der Waals surface area contributed by atoms with E-state index in [0.29, 0.717) is 24.1 Å². The van der Waals surface area contributed by atoms with Crippen molar-refractivity contribution in [2.45, 2.75) is 38.5 Å². The molecular weight excluding hydrogens is 566 g/mol. The van der Waals surface area contributed by atoms with Crippen molar-refractivity contribution in [1.82, 2.24) is 10.6 Å². The number of benzene rings is 4. The summed E-state index contributed by atoms with van der Waals surface area (Å²) in [6.45, 7) is 4.54. The van der Waals surface area contributed by atoms with E-state index in [1.807, 2.05) is 68.4 Å². The Bertz CT molecular complexity index is 1670. The van der Waals surface area contributed by atoms with E-state index in [1.54, 1.807) is 18.2 Å². The van der Waals surface area contributed by atoms with E-state index in [1.165, 1.54) is 18.2 Å². The lowest BCUT2D eigenvalue weighted by molar-refractivity contribution is 0.0950. The zero-order valence-electron chi connectivity index (χ0n) is 24.3. The maximum absolute atomic E-state index is 12.9. The van der Waals surface area contributed by atoms with Gasteiger partial charge in [0.2, 0.25) is 10.0 Å². The molecule has 0 saturated carbocycles. The average molecular weight is 604 g/mol. The molecule has 1 atom stereocenters. The Morgan fingerprint density at radius 3 is 2.16 bits per heavy atom. The van der Waals surface area contributed by atoms with Crippen LogP contribution in [0.1, 0.15) is 47.0 Å². The summed E-state index contributed by atoms with van der Waals surface area (Å²) in [6.07, 6.45) is 0.611. The van der Waals surface area contributed by atoms with E-state index in [2.05, 4.69) is 15.4 Å². The van der Waals surface area contributed by atoms with Crippen LogP contribution in [-0.4, -0.2) is 48.0 Å². The maximum atomic E-state index is 12.9. The van der Waals surface area contributed by atoms with E-state index in [4.69, 9.17) is 0 Å². The van der Waals surface area contributed by atoms with E-state index in [9.17, 15) is 28.5 Å². The minimum Gasteiger partial charge on any atom is -0.508 e. The lowest BCUT2D eigenvalue weighted by Crippen LogP contribution is -2.43. The summed E-state index contributed by atoms with van der Waals surface area (Å²) in [7, 11) is -3.59. The largest absolute Gasteiger partial charge is 0.508 e. The zero-order valence-corrected chi connectivity index (χ0v) is 25.2. The first-order valence-corrected chi connectivity index (χ1v) is 15.7. The number of hydrogen-bond donors (Lipinski definition) is 6. The van der Waals surface area contributed by atoms with Gasteiger partial charge >= 0.3 is 0 Å². The van der Waals surface area contributed by atoms with Crippen molar-refractivity contribution in [2.24, 2.45) is 0 Å². The summed E-state index contributed by atoms with van der Waals surface area (Å²) in [4.78, 5) is 12.9. The number of hydrogen-bond acceptors (Lipinski definition) is 7. The molecule has 1 amide bonds. The number of carbonyl (C=O) groups is 1. The van der Waals surface area contributed by atoms with Gasteiger partial charge in [-0.25, -0.2) is 8.42 Å². The van der Waals surface area contributed by atoms with Crippen molar-refractivity contribution in [1.29, 1.82) is 0 Å². The van der Waals surface area contributed by atoms with Crippen molar-refractivity contribution >= 4 is 21.6 Å². The molecule has 0 radical (unpaired) electrons. The molecule has 0 aromatic heterocycles. The molecule has 0 aliphatic heterocycles. The Hall–Kier alpha value is -4.38. The molecule has 0 aliphatic rings. The normalized spacial score (nSPS) is 12.5. The molecule has 0 bridgehead atoms. The lowest BCUT2D eigenvalue weighted by Gasteiger charge is -2.28. The number of sulfonamides is 1. The van der Waals surface area contributed by atoms with Crippen LogP contribution < -0.4 is 15.4 Å². The number of nitrogens with one attached hydrogen (secondary N) is 3. The molecule has 9 nitrogen and oxygen atoms in total. The third-order valence-corrected chi connectivity index (χ3v) is 7.51. The van der Waals surface area contributed by atoms with Crippen LogP contribution in [0.4, 0.5) is 5.69 Å². The number of carbonyl (C=O) groups excluding carboxylic acids is 1. The van der Waals surface area contributed by atoms with Gasteiger partial charge in [0.15, 0.2) is 0 Å². The van der Waals surface area contributed by atoms with Gasteiger partial charge in [-0.05, 0) is 84.5 Å². The first-order chi connectivity index (χ1) is 20.3. The van der Waals surface area contributed by atoms with E-state index in [0.717, 1.165) is 28.5 Å². The van der Waals surface area contributed by atoms with Gasteiger partial charge in [-0.15, -0.1) is 0 Å². The van der Waals surface area contributed by atoms with Gasteiger partial charge in [0.1, 0.15) is 11.5 Å². The van der Waals surface area contributed by atoms with Crippen LogP contribution >= 0.6 is 0 Å². The van der Waals surface area contributed by atoms with E-state index in [-0.39, 0.29) is 29.6 Å². The zero-order chi connectivity index (χ0) is 31.2. The second-order valence-corrected chi connectivity index (χ2v) is 13.0. The highest BCUT2D eigenvalue weighted by Crippen LogP contribution is 2.28. The number of β-amino-alcohol motifs (C(OH)–C–C–N with tert-alkyl or cyclic N) is 1. The molecule has 0 unspecified atom stereocenters. The van der Waals surface area contributed by atoms with Gasteiger partial charge in [-0.2, -0.15) is 0 Å². The summed E-state index contributed by atoms with van der Waals surface area (Å²) in [5.74, 6) is -0.198. The number of phenols is 2. The number of anilines is 1. The highest BCUT2D eigenvalue weighted by Gasteiger charge is 2.21. The van der Waals surface area contributed by atoms with Gasteiger partial charge in [-0.1, -0.05) is 54.6 Å². The quantitative estimate of drug-likeness (QED) is 0.129. The fourth-order valence-electron chi connectivity index (χ4n) is 4.68. The molecule has 0 fully saturated rings. The van der Waals surface area contributed by atoms with Crippen LogP contribution in [0, 0.1) is 0 Å². The summed E-state index contributed by atoms with van der Waals surface area (Å²) in [5, 5.41) is 36.5. The van der Waals surface area contributed by atoms with E-state index < -0.39 is 21.7 Å². The summed E-state index contributed by atoms with van der Waals surface area (Å²) in [5.41, 5.74) is 4.47. The van der Waals surface area contributed by atoms with Crippen LogP contribution in [0.2, 0.25) is 0 Å². The number of aromatic hydroxyl groups is 2. The van der Waals surface area contributed by atoms with Crippen molar-refractivity contribution in [3.63, 3.8) is 0 Å². The summed E-state index contributed by atoms with van der Waals surface area (Å²) >= 11 is 0. The van der Waals surface area contributed by atoms with Crippen molar-refractivity contribution in [2.75, 3.05) is 17.5 Å². The molecule has 0 spiro atoms. The standard InChI is InChI=1S/C33H37N3O6S/c1-33(2,35-21-31(39)26-13-16-30(38)29(18-26)36-43(3,41)42)19-23-5-4-6-27(17-23)32(40)34-20-22-7-9-24(10-8-22)25-11-14-28(37)15-12-25/h4-18,31,35-39H,19-21H2,1-3H3,(H,34,40)/t31-/m1/s1. The molecule has 43 heavy (non-hydrogen) atoms. The molecule has 4 aromatic carbocycles. The monoisotopic (exact) mass is 603 g/mol. The van der Waals surface area contributed by atoms with Crippen molar-refractivity contribution < 1.29 is 28.5 Å². The fraction of sp³-hybridized carbons (Fsp3) is 0.242. The van der Waals surface area contributed by atoms with Gasteiger partial charge in [0.25, 0.3) is 5.91 Å². The number of phenolic OH excluding ortho intramolecular Hbond substituents is 2. The van der Waals surface area contributed by atoms with Crippen LogP contribution in [-0.2, 0) is 23.0 Å². The number of aliphatic hydroxyl groups is 1. The third-order valence-electron chi connectivity index (χ3n) is 6.92. The molecule has 4 rings (SSSR count). The second-order valence-electron chi connectivity index (χ2n) is 11.2. The van der Waals surface area contributed by atoms with Crippen molar-refractivity contribution in [3.8, 4) is 22.6 Å².